The summed E-state index contributed by atoms with van der Waals surface area (Å²) in [6.45, 7) is 2.93. The summed E-state index contributed by atoms with van der Waals surface area (Å²) < 4.78 is 39.7. The van der Waals surface area contributed by atoms with Crippen LogP contribution in [0.3, 0.4) is 0 Å². The minimum Gasteiger partial charge on any atom is -0.496 e. The monoisotopic (exact) mass is 398 g/mol. The summed E-state index contributed by atoms with van der Waals surface area (Å²) in [6, 6.07) is 18.0. The Hall–Kier alpha value is -2.77. The van der Waals surface area contributed by atoms with E-state index < -0.39 is 10.0 Å². The Kier molecular flexibility index (Phi) is 5.11. The van der Waals surface area contributed by atoms with Crippen LogP contribution in [0.15, 0.2) is 65.6 Å². The quantitative estimate of drug-likeness (QED) is 0.713. The average molecular weight is 398 g/mol. The standard InChI is InChI=1S/C21H22N2O4S/c1-26-20-9-10-21(19-8-3-2-7-18(19)20)28(24,25)22-16-5-4-6-17(15-16)23-11-13-27-14-12-23/h2-10,15,22H,11-14H2,1H3. The second-order valence-corrected chi connectivity index (χ2v) is 8.22. The molecule has 0 amide bonds. The maximum atomic E-state index is 13.1. The summed E-state index contributed by atoms with van der Waals surface area (Å²) in [4.78, 5) is 2.41. The number of nitrogens with zero attached hydrogens (tertiary/aromatic N) is 1. The molecule has 3 aromatic carbocycles. The number of rotatable bonds is 5. The minimum atomic E-state index is -3.76. The van der Waals surface area contributed by atoms with E-state index in [1.54, 1.807) is 31.4 Å². The largest absolute Gasteiger partial charge is 0.496 e. The third-order valence-electron chi connectivity index (χ3n) is 4.83. The van der Waals surface area contributed by atoms with Gasteiger partial charge in [0, 0.05) is 29.5 Å². The van der Waals surface area contributed by atoms with Crippen molar-refractivity contribution < 1.29 is 17.9 Å². The number of methoxy groups -OCH3 is 1. The van der Waals surface area contributed by atoms with Gasteiger partial charge in [-0.15, -0.1) is 0 Å². The molecular weight excluding hydrogens is 376 g/mol. The Bertz CT molecular complexity index is 1090. The topological polar surface area (TPSA) is 67.9 Å². The fourth-order valence-electron chi connectivity index (χ4n) is 3.45. The first kappa shape index (κ1) is 18.6. The first-order valence-electron chi connectivity index (χ1n) is 9.10. The number of nitrogens with one attached hydrogen (secondary N) is 1. The summed E-state index contributed by atoms with van der Waals surface area (Å²) in [5.41, 5.74) is 1.51. The van der Waals surface area contributed by atoms with E-state index in [0.29, 0.717) is 30.0 Å². The third kappa shape index (κ3) is 3.63. The van der Waals surface area contributed by atoms with Crippen LogP contribution in [0.25, 0.3) is 10.8 Å². The van der Waals surface area contributed by atoms with Gasteiger partial charge in [-0.25, -0.2) is 8.42 Å². The second kappa shape index (κ2) is 7.69. The van der Waals surface area contributed by atoms with Crippen LogP contribution in [0.4, 0.5) is 11.4 Å². The molecule has 1 aliphatic heterocycles. The van der Waals surface area contributed by atoms with Crippen LogP contribution in [-0.4, -0.2) is 41.8 Å². The second-order valence-electron chi connectivity index (χ2n) is 6.57. The molecule has 7 heteroatoms. The predicted molar refractivity (Wildman–Crippen MR) is 111 cm³/mol. The van der Waals surface area contributed by atoms with Crippen LogP contribution in [0.2, 0.25) is 0 Å². The summed E-state index contributed by atoms with van der Waals surface area (Å²) in [5, 5.41) is 1.38. The molecule has 0 radical (unpaired) electrons. The van der Waals surface area contributed by atoms with Crippen molar-refractivity contribution in [3.8, 4) is 5.75 Å². The molecule has 146 valence electrons. The first-order chi connectivity index (χ1) is 13.6. The average Bonchev–Trinajstić information content (AvgIpc) is 2.73. The van der Waals surface area contributed by atoms with Crippen molar-refractivity contribution in [3.63, 3.8) is 0 Å². The van der Waals surface area contributed by atoms with Gasteiger partial charge >= 0.3 is 0 Å². The van der Waals surface area contributed by atoms with Crippen molar-refractivity contribution >= 4 is 32.2 Å². The van der Waals surface area contributed by atoms with Crippen molar-refractivity contribution in [2.75, 3.05) is 43.0 Å². The van der Waals surface area contributed by atoms with Gasteiger partial charge in [-0.2, -0.15) is 0 Å². The molecule has 0 atom stereocenters. The van der Waals surface area contributed by atoms with Crippen molar-refractivity contribution in [3.05, 3.63) is 60.7 Å². The molecule has 0 bridgehead atoms. The fraction of sp³-hybridized carbons (Fsp3) is 0.238. The molecule has 0 aliphatic carbocycles. The molecular formula is C21H22N2O4S. The van der Waals surface area contributed by atoms with Crippen molar-refractivity contribution in [1.82, 2.24) is 0 Å². The number of hydrogen-bond acceptors (Lipinski definition) is 5. The van der Waals surface area contributed by atoms with E-state index in [1.807, 2.05) is 36.4 Å². The van der Waals surface area contributed by atoms with Gasteiger partial charge in [0.05, 0.1) is 30.9 Å². The van der Waals surface area contributed by atoms with E-state index >= 15 is 0 Å². The number of sulfonamides is 1. The molecule has 1 N–H and O–H groups in total. The summed E-state index contributed by atoms with van der Waals surface area (Å²) in [6.07, 6.45) is 0. The molecule has 6 nitrogen and oxygen atoms in total. The maximum absolute atomic E-state index is 13.1. The lowest BCUT2D eigenvalue weighted by atomic mass is 10.1. The van der Waals surface area contributed by atoms with Gasteiger partial charge in [0.1, 0.15) is 5.75 Å². The number of morpholine rings is 1. The highest BCUT2D eigenvalue weighted by atomic mass is 32.2. The number of fused-ring (bicyclic) bond motifs is 1. The highest BCUT2D eigenvalue weighted by molar-refractivity contribution is 7.93. The third-order valence-corrected chi connectivity index (χ3v) is 6.27. The molecule has 1 aliphatic rings. The van der Waals surface area contributed by atoms with E-state index in [0.717, 1.165) is 24.2 Å². The normalized spacial score (nSPS) is 14.8. The Morgan fingerprint density at radius 3 is 2.46 bits per heavy atom. The van der Waals surface area contributed by atoms with E-state index in [2.05, 4.69) is 9.62 Å². The van der Waals surface area contributed by atoms with Gasteiger partial charge in [-0.05, 0) is 30.3 Å². The zero-order valence-corrected chi connectivity index (χ0v) is 16.4. The summed E-state index contributed by atoms with van der Waals surface area (Å²) in [7, 11) is -2.19. The molecule has 0 saturated carbocycles. The lowest BCUT2D eigenvalue weighted by Gasteiger charge is -2.29. The van der Waals surface area contributed by atoms with Crippen LogP contribution in [-0.2, 0) is 14.8 Å². The Morgan fingerprint density at radius 1 is 0.964 bits per heavy atom. The van der Waals surface area contributed by atoms with E-state index in [9.17, 15) is 8.42 Å². The fourth-order valence-corrected chi connectivity index (χ4v) is 4.72. The predicted octanol–water partition coefficient (Wildman–Crippen LogP) is 3.49. The van der Waals surface area contributed by atoms with Gasteiger partial charge in [0.25, 0.3) is 10.0 Å². The zero-order chi connectivity index (χ0) is 19.6. The Morgan fingerprint density at radius 2 is 1.71 bits per heavy atom. The molecule has 0 spiro atoms. The van der Waals surface area contributed by atoms with E-state index in [4.69, 9.17) is 9.47 Å². The zero-order valence-electron chi connectivity index (χ0n) is 15.6. The van der Waals surface area contributed by atoms with Crippen LogP contribution in [0, 0.1) is 0 Å². The molecule has 3 aromatic rings. The van der Waals surface area contributed by atoms with Crippen molar-refractivity contribution in [2.24, 2.45) is 0 Å². The van der Waals surface area contributed by atoms with Crippen LogP contribution >= 0.6 is 0 Å². The van der Waals surface area contributed by atoms with Crippen molar-refractivity contribution in [2.45, 2.75) is 4.90 Å². The molecule has 28 heavy (non-hydrogen) atoms. The van der Waals surface area contributed by atoms with Crippen LogP contribution in [0.5, 0.6) is 5.75 Å². The molecule has 0 unspecified atom stereocenters. The Labute approximate surface area is 164 Å². The van der Waals surface area contributed by atoms with Gasteiger partial charge in [-0.3, -0.25) is 4.72 Å². The number of hydrogen-bond donors (Lipinski definition) is 1. The van der Waals surface area contributed by atoms with Crippen LogP contribution < -0.4 is 14.4 Å². The van der Waals surface area contributed by atoms with Gasteiger partial charge in [0.15, 0.2) is 0 Å². The van der Waals surface area contributed by atoms with Crippen LogP contribution in [0.1, 0.15) is 0 Å². The van der Waals surface area contributed by atoms with E-state index in [1.165, 1.54) is 0 Å². The van der Waals surface area contributed by atoms with Gasteiger partial charge in [-0.1, -0.05) is 30.3 Å². The number of benzene rings is 3. The summed E-state index contributed by atoms with van der Waals surface area (Å²) >= 11 is 0. The lowest BCUT2D eigenvalue weighted by Crippen LogP contribution is -2.36. The number of anilines is 2. The smallest absolute Gasteiger partial charge is 0.262 e. The minimum absolute atomic E-state index is 0.223. The van der Waals surface area contributed by atoms with Crippen molar-refractivity contribution in [1.29, 1.82) is 0 Å². The maximum Gasteiger partial charge on any atom is 0.262 e. The SMILES string of the molecule is COc1ccc(S(=O)(=O)Nc2cccc(N3CCOCC3)c2)c2ccccc12. The first-order valence-corrected chi connectivity index (χ1v) is 10.6. The highest BCUT2D eigenvalue weighted by Crippen LogP contribution is 2.32. The van der Waals surface area contributed by atoms with Gasteiger partial charge < -0.3 is 14.4 Å². The Balaban J connectivity index is 1.68. The van der Waals surface area contributed by atoms with Gasteiger partial charge in [0.2, 0.25) is 0 Å². The molecule has 1 fully saturated rings. The molecule has 1 heterocycles. The number of ether oxygens (including phenoxy) is 2. The summed E-state index contributed by atoms with van der Waals surface area (Å²) in [5.74, 6) is 0.642. The molecule has 0 aromatic heterocycles. The lowest BCUT2D eigenvalue weighted by molar-refractivity contribution is 0.122. The van der Waals surface area contributed by atoms with E-state index in [-0.39, 0.29) is 4.90 Å². The molecule has 1 saturated heterocycles. The molecule has 4 rings (SSSR count). The highest BCUT2D eigenvalue weighted by Gasteiger charge is 2.20.